The highest BCUT2D eigenvalue weighted by molar-refractivity contribution is 7.16. The van der Waals surface area contributed by atoms with Gasteiger partial charge in [-0.3, -0.25) is 9.59 Å². The Hall–Kier alpha value is -2.85. The van der Waals surface area contributed by atoms with Crippen LogP contribution in [0.4, 0.5) is 5.00 Å². The van der Waals surface area contributed by atoms with E-state index in [1.54, 1.807) is 7.11 Å². The zero-order chi connectivity index (χ0) is 19.2. The third-order valence-electron chi connectivity index (χ3n) is 4.44. The summed E-state index contributed by atoms with van der Waals surface area (Å²) in [7, 11) is 1.58. The maximum Gasteiger partial charge on any atom is 0.306 e. The summed E-state index contributed by atoms with van der Waals surface area (Å²) in [5.41, 5.74) is 2.50. The SMILES string of the molecule is COc1ccccc1CCC(=O)OCC(=O)Nc1sc2c(c1C#N)CCC2. The third kappa shape index (κ3) is 4.47. The van der Waals surface area contributed by atoms with Crippen LogP contribution in [0.3, 0.4) is 0 Å². The molecular formula is C20H20N2O4S. The van der Waals surface area contributed by atoms with Gasteiger partial charge in [0.15, 0.2) is 6.61 Å². The van der Waals surface area contributed by atoms with E-state index in [1.165, 1.54) is 11.3 Å². The number of para-hydroxylation sites is 1. The van der Waals surface area contributed by atoms with Gasteiger partial charge in [-0.15, -0.1) is 11.3 Å². The van der Waals surface area contributed by atoms with Crippen molar-refractivity contribution >= 4 is 28.2 Å². The van der Waals surface area contributed by atoms with Crippen molar-refractivity contribution in [3.63, 3.8) is 0 Å². The molecule has 1 amide bonds. The quantitative estimate of drug-likeness (QED) is 0.741. The summed E-state index contributed by atoms with van der Waals surface area (Å²) in [6.07, 6.45) is 3.50. The van der Waals surface area contributed by atoms with Gasteiger partial charge in [0.2, 0.25) is 0 Å². The predicted octanol–water partition coefficient (Wildman–Crippen LogP) is 3.23. The first-order chi connectivity index (χ1) is 13.1. The molecule has 1 aromatic carbocycles. The fourth-order valence-electron chi connectivity index (χ4n) is 3.14. The van der Waals surface area contributed by atoms with Crippen LogP contribution in [0.15, 0.2) is 24.3 Å². The molecule has 0 saturated carbocycles. The fraction of sp³-hybridized carbons (Fsp3) is 0.350. The standard InChI is InChI=1S/C20H20N2O4S/c1-25-16-7-3-2-5-13(16)9-10-19(24)26-12-18(23)22-20-15(11-21)14-6-4-8-17(14)27-20/h2-3,5,7H,4,6,8-10,12H2,1H3,(H,22,23). The van der Waals surface area contributed by atoms with E-state index in [2.05, 4.69) is 11.4 Å². The van der Waals surface area contributed by atoms with Gasteiger partial charge in [-0.05, 0) is 42.9 Å². The summed E-state index contributed by atoms with van der Waals surface area (Å²) in [5.74, 6) is -0.167. The minimum Gasteiger partial charge on any atom is -0.496 e. The molecule has 0 spiro atoms. The molecular weight excluding hydrogens is 364 g/mol. The molecule has 1 aliphatic rings. The zero-order valence-electron chi connectivity index (χ0n) is 15.0. The number of rotatable bonds is 7. The number of thiophene rings is 1. The van der Waals surface area contributed by atoms with Crippen molar-refractivity contribution < 1.29 is 19.1 Å². The monoisotopic (exact) mass is 384 g/mol. The van der Waals surface area contributed by atoms with Crippen LogP contribution < -0.4 is 10.1 Å². The Bertz CT molecular complexity index is 898. The van der Waals surface area contributed by atoms with Crippen molar-refractivity contribution in [3.8, 4) is 11.8 Å². The lowest BCUT2D eigenvalue weighted by atomic mass is 10.1. The number of nitrogens with one attached hydrogen (secondary N) is 1. The van der Waals surface area contributed by atoms with E-state index in [-0.39, 0.29) is 13.0 Å². The first kappa shape index (κ1) is 18.9. The van der Waals surface area contributed by atoms with Crippen LogP contribution in [-0.2, 0) is 33.6 Å². The summed E-state index contributed by atoms with van der Waals surface area (Å²) in [4.78, 5) is 25.2. The summed E-state index contributed by atoms with van der Waals surface area (Å²) in [6.45, 7) is -0.363. The van der Waals surface area contributed by atoms with Crippen molar-refractivity contribution in [1.29, 1.82) is 5.26 Å². The van der Waals surface area contributed by atoms with Crippen molar-refractivity contribution in [2.24, 2.45) is 0 Å². The number of benzene rings is 1. The largest absolute Gasteiger partial charge is 0.496 e. The van der Waals surface area contributed by atoms with Crippen LogP contribution >= 0.6 is 11.3 Å². The number of esters is 1. The number of nitriles is 1. The van der Waals surface area contributed by atoms with Gasteiger partial charge < -0.3 is 14.8 Å². The number of hydrogen-bond donors (Lipinski definition) is 1. The molecule has 1 aliphatic carbocycles. The van der Waals surface area contributed by atoms with Crippen molar-refractivity contribution in [3.05, 3.63) is 45.8 Å². The van der Waals surface area contributed by atoms with Crippen LogP contribution in [0, 0.1) is 11.3 Å². The van der Waals surface area contributed by atoms with E-state index in [0.717, 1.165) is 41.0 Å². The number of carbonyl (C=O) groups is 2. The van der Waals surface area contributed by atoms with Crippen LogP contribution in [0.2, 0.25) is 0 Å². The van der Waals surface area contributed by atoms with Gasteiger partial charge in [-0.25, -0.2) is 0 Å². The molecule has 140 valence electrons. The highest BCUT2D eigenvalue weighted by atomic mass is 32.1. The molecule has 0 aliphatic heterocycles. The normalized spacial score (nSPS) is 12.1. The van der Waals surface area contributed by atoms with Crippen LogP contribution in [0.1, 0.15) is 34.4 Å². The molecule has 0 radical (unpaired) electrons. The molecule has 2 aromatic rings. The first-order valence-electron chi connectivity index (χ1n) is 8.74. The molecule has 1 N–H and O–H groups in total. The Morgan fingerprint density at radius 3 is 2.89 bits per heavy atom. The minimum absolute atomic E-state index is 0.157. The van der Waals surface area contributed by atoms with E-state index in [1.807, 2.05) is 24.3 Å². The van der Waals surface area contributed by atoms with Gasteiger partial charge in [0.05, 0.1) is 12.7 Å². The molecule has 27 heavy (non-hydrogen) atoms. The Labute approximate surface area is 161 Å². The molecule has 0 bridgehead atoms. The molecule has 0 atom stereocenters. The number of aryl methyl sites for hydroxylation is 2. The van der Waals surface area contributed by atoms with Gasteiger partial charge in [-0.1, -0.05) is 18.2 Å². The number of anilines is 1. The number of ether oxygens (including phenoxy) is 2. The van der Waals surface area contributed by atoms with E-state index >= 15 is 0 Å². The summed E-state index contributed by atoms with van der Waals surface area (Å²) < 4.78 is 10.3. The number of methoxy groups -OCH3 is 1. The lowest BCUT2D eigenvalue weighted by Crippen LogP contribution is -2.21. The highest BCUT2D eigenvalue weighted by Gasteiger charge is 2.23. The van der Waals surface area contributed by atoms with Gasteiger partial charge >= 0.3 is 5.97 Å². The number of nitrogens with zero attached hydrogens (tertiary/aromatic N) is 1. The second-order valence-corrected chi connectivity index (χ2v) is 7.30. The molecule has 7 heteroatoms. The third-order valence-corrected chi connectivity index (χ3v) is 5.65. The molecule has 3 rings (SSSR count). The molecule has 0 saturated heterocycles. The summed E-state index contributed by atoms with van der Waals surface area (Å²) in [5, 5.41) is 12.6. The molecule has 1 aromatic heterocycles. The van der Waals surface area contributed by atoms with E-state index in [9.17, 15) is 14.9 Å². The van der Waals surface area contributed by atoms with E-state index in [0.29, 0.717) is 17.0 Å². The van der Waals surface area contributed by atoms with Crippen molar-refractivity contribution in [1.82, 2.24) is 0 Å². The second-order valence-electron chi connectivity index (χ2n) is 6.19. The van der Waals surface area contributed by atoms with Gasteiger partial charge in [-0.2, -0.15) is 5.26 Å². The number of hydrogen-bond acceptors (Lipinski definition) is 6. The van der Waals surface area contributed by atoms with Crippen LogP contribution in [0.25, 0.3) is 0 Å². The fourth-order valence-corrected chi connectivity index (χ4v) is 4.39. The Morgan fingerprint density at radius 1 is 1.30 bits per heavy atom. The smallest absolute Gasteiger partial charge is 0.306 e. The molecule has 0 fully saturated rings. The Kier molecular flexibility index (Phi) is 6.09. The average Bonchev–Trinajstić information content (AvgIpc) is 3.25. The second kappa shape index (κ2) is 8.69. The summed E-state index contributed by atoms with van der Waals surface area (Å²) >= 11 is 1.44. The summed E-state index contributed by atoms with van der Waals surface area (Å²) in [6, 6.07) is 9.63. The zero-order valence-corrected chi connectivity index (χ0v) is 15.9. The van der Waals surface area contributed by atoms with Crippen molar-refractivity contribution in [2.75, 3.05) is 19.0 Å². The van der Waals surface area contributed by atoms with E-state index in [4.69, 9.17) is 9.47 Å². The Morgan fingerprint density at radius 2 is 2.11 bits per heavy atom. The number of carbonyl (C=O) groups excluding carboxylic acids is 2. The topological polar surface area (TPSA) is 88.4 Å². The molecule has 6 nitrogen and oxygen atoms in total. The Balaban J connectivity index is 1.48. The lowest BCUT2D eigenvalue weighted by molar-refractivity contribution is -0.147. The highest BCUT2D eigenvalue weighted by Crippen LogP contribution is 2.38. The van der Waals surface area contributed by atoms with Gasteiger partial charge in [0.25, 0.3) is 5.91 Å². The van der Waals surface area contributed by atoms with Crippen molar-refractivity contribution in [2.45, 2.75) is 32.1 Å². The van der Waals surface area contributed by atoms with Crippen LogP contribution in [0.5, 0.6) is 5.75 Å². The van der Waals surface area contributed by atoms with E-state index < -0.39 is 11.9 Å². The van der Waals surface area contributed by atoms with Crippen LogP contribution in [-0.4, -0.2) is 25.6 Å². The first-order valence-corrected chi connectivity index (χ1v) is 9.56. The number of amides is 1. The molecule has 0 unspecified atom stereocenters. The molecule has 1 heterocycles. The van der Waals surface area contributed by atoms with Gasteiger partial charge in [0.1, 0.15) is 16.8 Å². The van der Waals surface area contributed by atoms with Gasteiger partial charge in [0, 0.05) is 11.3 Å². The maximum absolute atomic E-state index is 12.1. The predicted molar refractivity (Wildman–Crippen MR) is 102 cm³/mol. The maximum atomic E-state index is 12.1. The minimum atomic E-state index is -0.453. The average molecular weight is 384 g/mol. The lowest BCUT2D eigenvalue weighted by Gasteiger charge is -2.08. The number of fused-ring (bicyclic) bond motifs is 1.